The number of fused-ring (bicyclic) bond motifs is 1. The quantitative estimate of drug-likeness (QED) is 0.419. The highest BCUT2D eigenvalue weighted by Gasteiger charge is 2.27. The molecule has 3 aromatic rings. The normalized spacial score (nSPS) is 17.4. The summed E-state index contributed by atoms with van der Waals surface area (Å²) < 4.78 is 27.8. The Kier molecular flexibility index (Phi) is 8.14. The molecule has 2 aliphatic rings. The maximum atomic E-state index is 14.0. The van der Waals surface area contributed by atoms with Crippen LogP contribution in [0.2, 0.25) is 0 Å². The third kappa shape index (κ3) is 5.79. The number of amides is 1. The summed E-state index contributed by atoms with van der Waals surface area (Å²) in [5.74, 6) is 2.65. The van der Waals surface area contributed by atoms with Crippen molar-refractivity contribution in [2.45, 2.75) is 25.5 Å². The predicted molar refractivity (Wildman–Crippen MR) is 145 cm³/mol. The first kappa shape index (κ1) is 26.1. The molecule has 1 aromatic heterocycles. The monoisotopic (exact) mass is 521 g/mol. The Bertz CT molecular complexity index is 1250. The van der Waals surface area contributed by atoms with Gasteiger partial charge in [-0.2, -0.15) is 0 Å². The van der Waals surface area contributed by atoms with Gasteiger partial charge in [-0.1, -0.05) is 0 Å². The van der Waals surface area contributed by atoms with Crippen molar-refractivity contribution in [1.82, 2.24) is 9.88 Å². The first-order chi connectivity index (χ1) is 18.6. The molecule has 202 valence electrons. The lowest BCUT2D eigenvalue weighted by molar-refractivity contribution is 0.0506. The number of carbonyl (C=O) groups is 1. The topological polar surface area (TPSA) is 82.6 Å². The fourth-order valence-electron chi connectivity index (χ4n) is 5.05. The lowest BCUT2D eigenvalue weighted by Gasteiger charge is -2.32. The van der Waals surface area contributed by atoms with Crippen molar-refractivity contribution < 1.29 is 28.5 Å². The van der Waals surface area contributed by atoms with Gasteiger partial charge in [-0.05, 0) is 43.2 Å². The third-order valence-corrected chi connectivity index (χ3v) is 7.09. The van der Waals surface area contributed by atoms with Crippen molar-refractivity contribution in [3.8, 4) is 17.2 Å². The summed E-state index contributed by atoms with van der Waals surface area (Å²) in [4.78, 5) is 23.2. The van der Waals surface area contributed by atoms with E-state index in [2.05, 4.69) is 11.0 Å². The van der Waals surface area contributed by atoms with E-state index < -0.39 is 0 Å². The highest BCUT2D eigenvalue weighted by molar-refractivity contribution is 5.95. The van der Waals surface area contributed by atoms with Crippen molar-refractivity contribution in [3.05, 3.63) is 53.6 Å². The Morgan fingerprint density at radius 2 is 1.71 bits per heavy atom. The zero-order valence-electron chi connectivity index (χ0n) is 22.3. The van der Waals surface area contributed by atoms with Gasteiger partial charge in [-0.15, -0.1) is 0 Å². The largest absolute Gasteiger partial charge is 0.497 e. The minimum absolute atomic E-state index is 0.00373. The van der Waals surface area contributed by atoms with Gasteiger partial charge in [-0.3, -0.25) is 4.79 Å². The minimum Gasteiger partial charge on any atom is -0.497 e. The Labute approximate surface area is 223 Å². The van der Waals surface area contributed by atoms with Gasteiger partial charge >= 0.3 is 0 Å². The van der Waals surface area contributed by atoms with E-state index >= 15 is 0 Å². The van der Waals surface area contributed by atoms with Gasteiger partial charge in [0.1, 0.15) is 23.1 Å². The molecule has 38 heavy (non-hydrogen) atoms. The van der Waals surface area contributed by atoms with E-state index in [1.807, 2.05) is 23.1 Å². The number of anilines is 1. The molecule has 0 unspecified atom stereocenters. The summed E-state index contributed by atoms with van der Waals surface area (Å²) in [5, 5.41) is 0.991. The predicted octanol–water partition coefficient (Wildman–Crippen LogP) is 3.92. The zero-order chi connectivity index (χ0) is 26.5. The van der Waals surface area contributed by atoms with Crippen LogP contribution in [0.4, 0.5) is 5.82 Å². The second-order valence-corrected chi connectivity index (χ2v) is 9.55. The SMILES string of the molecule is COc1cc(OC)cc(C(=O)N(Cc2cc3ccc(OC)cc3nc2N2CCOCC2)C[C@H]2CCCO2)c1. The molecule has 9 heteroatoms. The molecule has 0 radical (unpaired) electrons. The molecule has 0 bridgehead atoms. The molecular formula is C29H35N3O6. The summed E-state index contributed by atoms with van der Waals surface area (Å²) in [6, 6.07) is 13.3. The molecular weight excluding hydrogens is 486 g/mol. The van der Waals surface area contributed by atoms with E-state index in [1.54, 1.807) is 39.5 Å². The number of rotatable bonds is 9. The van der Waals surface area contributed by atoms with Crippen LogP contribution in [-0.4, -0.2) is 82.7 Å². The van der Waals surface area contributed by atoms with Crippen molar-refractivity contribution in [3.63, 3.8) is 0 Å². The van der Waals surface area contributed by atoms with Crippen LogP contribution in [0.3, 0.4) is 0 Å². The Balaban J connectivity index is 1.54. The lowest BCUT2D eigenvalue weighted by atomic mass is 10.1. The van der Waals surface area contributed by atoms with Crippen LogP contribution in [0.15, 0.2) is 42.5 Å². The molecule has 2 saturated heterocycles. The Hall–Kier alpha value is -3.56. The van der Waals surface area contributed by atoms with E-state index in [-0.39, 0.29) is 12.0 Å². The van der Waals surface area contributed by atoms with Gasteiger partial charge in [0.15, 0.2) is 0 Å². The smallest absolute Gasteiger partial charge is 0.254 e. The third-order valence-electron chi connectivity index (χ3n) is 7.09. The molecule has 1 amide bonds. The van der Waals surface area contributed by atoms with E-state index in [0.29, 0.717) is 43.4 Å². The molecule has 9 nitrogen and oxygen atoms in total. The molecule has 0 N–H and O–H groups in total. The average molecular weight is 522 g/mol. The number of benzene rings is 2. The molecule has 1 atom stereocenters. The van der Waals surface area contributed by atoms with E-state index in [1.165, 1.54) is 0 Å². The number of carbonyl (C=O) groups excluding carboxylic acids is 1. The molecule has 2 fully saturated rings. The summed E-state index contributed by atoms with van der Waals surface area (Å²) in [6.07, 6.45) is 1.92. The second-order valence-electron chi connectivity index (χ2n) is 9.55. The number of hydrogen-bond acceptors (Lipinski definition) is 8. The van der Waals surface area contributed by atoms with Crippen molar-refractivity contribution >= 4 is 22.6 Å². The molecule has 5 rings (SSSR count). The number of methoxy groups -OCH3 is 3. The molecule has 2 aliphatic heterocycles. The summed E-state index contributed by atoms with van der Waals surface area (Å²) in [7, 11) is 4.82. The number of nitrogens with zero attached hydrogens (tertiary/aromatic N) is 3. The fraction of sp³-hybridized carbons (Fsp3) is 0.448. The summed E-state index contributed by atoms with van der Waals surface area (Å²) in [6.45, 7) is 4.35. The van der Waals surface area contributed by atoms with Gasteiger partial charge in [-0.25, -0.2) is 4.98 Å². The van der Waals surface area contributed by atoms with E-state index in [9.17, 15) is 4.79 Å². The molecule has 3 heterocycles. The summed E-state index contributed by atoms with van der Waals surface area (Å²) >= 11 is 0. The molecule has 0 spiro atoms. The highest BCUT2D eigenvalue weighted by atomic mass is 16.5. The van der Waals surface area contributed by atoms with Crippen LogP contribution in [0.5, 0.6) is 17.2 Å². The van der Waals surface area contributed by atoms with Crippen LogP contribution < -0.4 is 19.1 Å². The van der Waals surface area contributed by atoms with Crippen LogP contribution >= 0.6 is 0 Å². The second kappa shape index (κ2) is 11.9. The fourth-order valence-corrected chi connectivity index (χ4v) is 5.05. The van der Waals surface area contributed by atoms with Crippen molar-refractivity contribution in [2.24, 2.45) is 0 Å². The van der Waals surface area contributed by atoms with Gasteiger partial charge < -0.3 is 33.5 Å². The van der Waals surface area contributed by atoms with Crippen LogP contribution in [-0.2, 0) is 16.0 Å². The lowest BCUT2D eigenvalue weighted by Crippen LogP contribution is -2.40. The Morgan fingerprint density at radius 1 is 0.974 bits per heavy atom. The molecule has 2 aromatic carbocycles. The first-order valence-electron chi connectivity index (χ1n) is 13.0. The van der Waals surface area contributed by atoms with Crippen LogP contribution in [0.25, 0.3) is 10.9 Å². The molecule has 0 aliphatic carbocycles. The van der Waals surface area contributed by atoms with Gasteiger partial charge in [0.25, 0.3) is 5.91 Å². The number of hydrogen-bond donors (Lipinski definition) is 0. The van der Waals surface area contributed by atoms with E-state index in [0.717, 1.165) is 60.6 Å². The zero-order valence-corrected chi connectivity index (χ0v) is 22.3. The Morgan fingerprint density at radius 3 is 2.37 bits per heavy atom. The summed E-state index contributed by atoms with van der Waals surface area (Å²) in [5.41, 5.74) is 2.33. The van der Waals surface area contributed by atoms with Crippen LogP contribution in [0, 0.1) is 0 Å². The maximum Gasteiger partial charge on any atom is 0.254 e. The number of ether oxygens (including phenoxy) is 5. The number of morpholine rings is 1. The van der Waals surface area contributed by atoms with Crippen LogP contribution in [0.1, 0.15) is 28.8 Å². The standard InChI is InChI=1S/C29H35N3O6/c1-34-23-7-6-20-13-22(28(30-27(20)17-23)31-8-11-37-12-9-31)18-32(19-24-5-4-10-38-24)29(33)21-14-25(35-2)16-26(15-21)36-3/h6-7,13-17,24H,4-5,8-12,18-19H2,1-3H3/t24-/m1/s1. The number of pyridine rings is 1. The van der Waals surface area contributed by atoms with E-state index in [4.69, 9.17) is 28.7 Å². The van der Waals surface area contributed by atoms with Gasteiger partial charge in [0, 0.05) is 61.4 Å². The first-order valence-corrected chi connectivity index (χ1v) is 13.0. The molecule has 0 saturated carbocycles. The van der Waals surface area contributed by atoms with Crippen molar-refractivity contribution in [1.29, 1.82) is 0 Å². The van der Waals surface area contributed by atoms with Gasteiger partial charge in [0.05, 0.1) is 46.2 Å². The van der Waals surface area contributed by atoms with Gasteiger partial charge in [0.2, 0.25) is 0 Å². The average Bonchev–Trinajstić information content (AvgIpc) is 3.49. The minimum atomic E-state index is -0.111. The number of aromatic nitrogens is 1. The highest BCUT2D eigenvalue weighted by Crippen LogP contribution is 2.30. The maximum absolute atomic E-state index is 14.0. The van der Waals surface area contributed by atoms with Crippen molar-refractivity contribution in [2.75, 3.05) is 65.7 Å².